The molecule has 1 aromatic rings. The molecule has 126 valence electrons. The Morgan fingerprint density at radius 2 is 1.91 bits per heavy atom. The van der Waals surface area contributed by atoms with E-state index in [1.165, 1.54) is 6.42 Å². The maximum Gasteiger partial charge on any atom is 0.339 e. The Labute approximate surface area is 137 Å². The Hall–Kier alpha value is -2.04. The molecular formula is C18H25NO4. The monoisotopic (exact) mass is 319 g/mol. The van der Waals surface area contributed by atoms with Gasteiger partial charge in [0.15, 0.2) is 6.10 Å². The van der Waals surface area contributed by atoms with Crippen molar-refractivity contribution in [2.75, 3.05) is 7.11 Å². The van der Waals surface area contributed by atoms with Crippen molar-refractivity contribution in [3.63, 3.8) is 0 Å². The van der Waals surface area contributed by atoms with Gasteiger partial charge in [0, 0.05) is 6.04 Å². The van der Waals surface area contributed by atoms with Crippen LogP contribution in [0.15, 0.2) is 18.2 Å². The number of carbonyl (C=O) groups excluding carboxylic acids is 2. The third kappa shape index (κ3) is 4.71. The van der Waals surface area contributed by atoms with E-state index in [1.807, 2.05) is 6.92 Å². The summed E-state index contributed by atoms with van der Waals surface area (Å²) in [5.74, 6) is -0.127. The van der Waals surface area contributed by atoms with E-state index in [2.05, 4.69) is 5.32 Å². The van der Waals surface area contributed by atoms with E-state index in [0.29, 0.717) is 11.3 Å². The summed E-state index contributed by atoms with van der Waals surface area (Å²) < 4.78 is 10.5. The van der Waals surface area contributed by atoms with Gasteiger partial charge in [0.2, 0.25) is 0 Å². The van der Waals surface area contributed by atoms with Gasteiger partial charge in [-0.3, -0.25) is 4.79 Å². The Morgan fingerprint density at radius 1 is 1.22 bits per heavy atom. The van der Waals surface area contributed by atoms with E-state index < -0.39 is 12.1 Å². The van der Waals surface area contributed by atoms with Gasteiger partial charge in [0.1, 0.15) is 5.75 Å². The fourth-order valence-electron chi connectivity index (χ4n) is 2.79. The summed E-state index contributed by atoms with van der Waals surface area (Å²) in [5.41, 5.74) is 1.32. The highest BCUT2D eigenvalue weighted by Crippen LogP contribution is 2.20. The minimum absolute atomic E-state index is 0.205. The van der Waals surface area contributed by atoms with Crippen LogP contribution >= 0.6 is 0 Å². The number of benzene rings is 1. The summed E-state index contributed by atoms with van der Waals surface area (Å²) >= 11 is 0. The number of nitrogens with one attached hydrogen (secondary N) is 1. The largest absolute Gasteiger partial charge is 0.496 e. The zero-order valence-electron chi connectivity index (χ0n) is 14.1. The van der Waals surface area contributed by atoms with Crippen molar-refractivity contribution in [2.24, 2.45) is 0 Å². The van der Waals surface area contributed by atoms with Gasteiger partial charge in [-0.25, -0.2) is 4.79 Å². The van der Waals surface area contributed by atoms with E-state index >= 15 is 0 Å². The van der Waals surface area contributed by atoms with Crippen LogP contribution < -0.4 is 10.1 Å². The lowest BCUT2D eigenvalue weighted by atomic mass is 9.95. The molecule has 1 saturated carbocycles. The molecule has 23 heavy (non-hydrogen) atoms. The molecule has 0 unspecified atom stereocenters. The quantitative estimate of drug-likeness (QED) is 0.847. The zero-order chi connectivity index (χ0) is 16.8. The number of hydrogen-bond donors (Lipinski definition) is 1. The predicted molar refractivity (Wildman–Crippen MR) is 87.6 cm³/mol. The van der Waals surface area contributed by atoms with Crippen molar-refractivity contribution in [1.82, 2.24) is 5.32 Å². The number of ether oxygens (including phenoxy) is 2. The third-order valence-corrected chi connectivity index (χ3v) is 4.25. The highest BCUT2D eigenvalue weighted by molar-refractivity contribution is 5.92. The average molecular weight is 319 g/mol. The van der Waals surface area contributed by atoms with Crippen molar-refractivity contribution in [2.45, 2.75) is 58.1 Å². The third-order valence-electron chi connectivity index (χ3n) is 4.25. The van der Waals surface area contributed by atoms with Gasteiger partial charge < -0.3 is 14.8 Å². The molecule has 1 amide bonds. The second kappa shape index (κ2) is 7.99. The van der Waals surface area contributed by atoms with E-state index in [0.717, 1.165) is 31.2 Å². The first-order chi connectivity index (χ1) is 11.0. The Kier molecular flexibility index (Phi) is 6.02. The minimum atomic E-state index is -0.809. The second-order valence-corrected chi connectivity index (χ2v) is 6.08. The smallest absolute Gasteiger partial charge is 0.339 e. The molecule has 0 aliphatic heterocycles. The molecule has 1 fully saturated rings. The molecule has 1 aromatic carbocycles. The maximum atomic E-state index is 12.2. The predicted octanol–water partition coefficient (Wildman–Crippen LogP) is 3.00. The molecule has 5 nitrogen and oxygen atoms in total. The standard InChI is InChI=1S/C18H25NO4/c1-12-9-10-14(11-16(12)22-3)18(21)23-13(2)17(20)19-15-7-5-4-6-8-15/h9-11,13,15H,4-8H2,1-3H3,(H,19,20)/t13-/m0/s1. The van der Waals surface area contributed by atoms with Crippen LogP contribution in [0.2, 0.25) is 0 Å². The highest BCUT2D eigenvalue weighted by Gasteiger charge is 2.23. The van der Waals surface area contributed by atoms with Gasteiger partial charge in [-0.1, -0.05) is 25.3 Å². The van der Waals surface area contributed by atoms with Crippen LogP contribution in [0.3, 0.4) is 0 Å². The summed E-state index contributed by atoms with van der Waals surface area (Å²) in [5, 5.41) is 2.97. The van der Waals surface area contributed by atoms with E-state index in [1.54, 1.807) is 32.2 Å². The second-order valence-electron chi connectivity index (χ2n) is 6.08. The molecule has 1 aliphatic carbocycles. The molecule has 0 saturated heterocycles. The lowest BCUT2D eigenvalue weighted by Gasteiger charge is -2.24. The number of rotatable bonds is 5. The molecule has 0 spiro atoms. The summed E-state index contributed by atoms with van der Waals surface area (Å²) in [4.78, 5) is 24.3. The molecule has 0 aromatic heterocycles. The maximum absolute atomic E-state index is 12.2. The Bertz CT molecular complexity index is 564. The van der Waals surface area contributed by atoms with Crippen LogP contribution in [0.1, 0.15) is 54.9 Å². The van der Waals surface area contributed by atoms with Crippen LogP contribution in [0, 0.1) is 6.92 Å². The van der Waals surface area contributed by atoms with Crippen LogP contribution in [0.25, 0.3) is 0 Å². The van der Waals surface area contributed by atoms with Crippen molar-refractivity contribution in [3.05, 3.63) is 29.3 Å². The summed E-state index contributed by atoms with van der Waals surface area (Å²) in [6, 6.07) is 5.30. The van der Waals surface area contributed by atoms with Crippen molar-refractivity contribution in [3.8, 4) is 5.75 Å². The normalized spacial score (nSPS) is 16.5. The first kappa shape index (κ1) is 17.3. The first-order valence-corrected chi connectivity index (χ1v) is 8.17. The molecule has 2 rings (SSSR count). The number of esters is 1. The molecule has 0 radical (unpaired) electrons. The van der Waals surface area contributed by atoms with Gasteiger partial charge in [-0.2, -0.15) is 0 Å². The molecule has 1 aliphatic rings. The molecule has 1 N–H and O–H groups in total. The summed E-state index contributed by atoms with van der Waals surface area (Å²) in [6.45, 7) is 3.50. The van der Waals surface area contributed by atoms with Crippen LogP contribution in [-0.4, -0.2) is 31.1 Å². The minimum Gasteiger partial charge on any atom is -0.496 e. The number of aryl methyl sites for hydroxylation is 1. The van der Waals surface area contributed by atoms with Crippen LogP contribution in [0.4, 0.5) is 0 Å². The van der Waals surface area contributed by atoms with E-state index in [9.17, 15) is 9.59 Å². The summed E-state index contributed by atoms with van der Waals surface area (Å²) in [6.07, 6.45) is 4.71. The molecule has 5 heteroatoms. The number of carbonyl (C=O) groups is 2. The lowest BCUT2D eigenvalue weighted by molar-refractivity contribution is -0.130. The van der Waals surface area contributed by atoms with E-state index in [-0.39, 0.29) is 11.9 Å². The summed E-state index contributed by atoms with van der Waals surface area (Å²) in [7, 11) is 1.55. The fraction of sp³-hybridized carbons (Fsp3) is 0.556. The van der Waals surface area contributed by atoms with Gasteiger partial charge in [-0.05, 0) is 44.4 Å². The Morgan fingerprint density at radius 3 is 2.57 bits per heavy atom. The molecule has 1 atom stereocenters. The molecule has 0 heterocycles. The highest BCUT2D eigenvalue weighted by atomic mass is 16.5. The number of amides is 1. The fourth-order valence-corrected chi connectivity index (χ4v) is 2.79. The van der Waals surface area contributed by atoms with Crippen molar-refractivity contribution in [1.29, 1.82) is 0 Å². The van der Waals surface area contributed by atoms with Crippen molar-refractivity contribution < 1.29 is 19.1 Å². The molecular weight excluding hydrogens is 294 g/mol. The molecule has 0 bridgehead atoms. The SMILES string of the molecule is COc1cc(C(=O)O[C@@H](C)C(=O)NC2CCCCC2)ccc1C. The van der Waals surface area contributed by atoms with Gasteiger partial charge >= 0.3 is 5.97 Å². The topological polar surface area (TPSA) is 64.6 Å². The van der Waals surface area contributed by atoms with Crippen LogP contribution in [-0.2, 0) is 9.53 Å². The number of methoxy groups -OCH3 is 1. The van der Waals surface area contributed by atoms with Crippen molar-refractivity contribution >= 4 is 11.9 Å². The van der Waals surface area contributed by atoms with Crippen LogP contribution in [0.5, 0.6) is 5.75 Å². The Balaban J connectivity index is 1.92. The first-order valence-electron chi connectivity index (χ1n) is 8.17. The van der Waals surface area contributed by atoms with Gasteiger partial charge in [0.05, 0.1) is 12.7 Å². The zero-order valence-corrected chi connectivity index (χ0v) is 14.1. The average Bonchev–Trinajstić information content (AvgIpc) is 2.56. The number of hydrogen-bond acceptors (Lipinski definition) is 4. The van der Waals surface area contributed by atoms with E-state index in [4.69, 9.17) is 9.47 Å². The van der Waals surface area contributed by atoms with Gasteiger partial charge in [-0.15, -0.1) is 0 Å². The lowest BCUT2D eigenvalue weighted by Crippen LogP contribution is -2.42. The van der Waals surface area contributed by atoms with Gasteiger partial charge in [0.25, 0.3) is 5.91 Å².